The Hall–Kier alpha value is -3.22. The normalized spacial score (nSPS) is 10.7. The minimum atomic E-state index is -0.554. The molecule has 3 aromatic rings. The predicted octanol–water partition coefficient (Wildman–Crippen LogP) is 2.67. The molecule has 0 saturated carbocycles. The van der Waals surface area contributed by atoms with Crippen LogP contribution < -0.4 is 10.3 Å². The van der Waals surface area contributed by atoms with Crippen molar-refractivity contribution in [2.75, 3.05) is 7.11 Å². The monoisotopic (exact) mass is 356 g/mol. The minimum absolute atomic E-state index is 0.0994. The molecule has 2 aromatic carbocycles. The second-order valence-electron chi connectivity index (χ2n) is 5.79. The van der Waals surface area contributed by atoms with Crippen LogP contribution in [0.5, 0.6) is 5.75 Å². The van der Waals surface area contributed by atoms with Gasteiger partial charge in [0.15, 0.2) is 11.6 Å². The number of aryl methyl sites for hydroxylation is 1. The van der Waals surface area contributed by atoms with Crippen LogP contribution in [0.1, 0.15) is 17.0 Å². The molecular formula is C19H17FN2O4. The summed E-state index contributed by atoms with van der Waals surface area (Å²) in [6.07, 6.45) is -0.0994. The molecular weight excluding hydrogens is 339 g/mol. The Morgan fingerprint density at radius 2 is 2.08 bits per heavy atom. The Labute approximate surface area is 148 Å². The number of fused-ring (bicyclic) bond motifs is 1. The van der Waals surface area contributed by atoms with Crippen molar-refractivity contribution in [3.63, 3.8) is 0 Å². The highest BCUT2D eigenvalue weighted by molar-refractivity contribution is 5.80. The molecule has 0 radical (unpaired) electrons. The number of carbonyl (C=O) groups is 1. The molecule has 0 aliphatic carbocycles. The highest BCUT2D eigenvalue weighted by Crippen LogP contribution is 2.18. The summed E-state index contributed by atoms with van der Waals surface area (Å²) in [7, 11) is 1.37. The van der Waals surface area contributed by atoms with Gasteiger partial charge in [-0.3, -0.25) is 9.59 Å². The molecule has 134 valence electrons. The molecule has 6 nitrogen and oxygen atoms in total. The Bertz CT molecular complexity index is 1030. The van der Waals surface area contributed by atoms with Crippen LogP contribution in [0.4, 0.5) is 4.39 Å². The third kappa shape index (κ3) is 3.72. The molecule has 1 aromatic heterocycles. The largest absolute Gasteiger partial charge is 0.494 e. The van der Waals surface area contributed by atoms with Gasteiger partial charge in [0.05, 0.1) is 24.4 Å². The van der Waals surface area contributed by atoms with E-state index in [1.54, 1.807) is 18.2 Å². The zero-order valence-electron chi connectivity index (χ0n) is 14.3. The van der Waals surface area contributed by atoms with Gasteiger partial charge in [-0.2, -0.15) is 0 Å². The van der Waals surface area contributed by atoms with Gasteiger partial charge in [-0.05, 0) is 36.2 Å². The number of esters is 1. The van der Waals surface area contributed by atoms with Gasteiger partial charge in [-0.1, -0.05) is 18.2 Å². The molecule has 0 fully saturated rings. The Kier molecular flexibility index (Phi) is 4.97. The van der Waals surface area contributed by atoms with Crippen LogP contribution in [-0.4, -0.2) is 23.0 Å². The van der Waals surface area contributed by atoms with Gasteiger partial charge in [0.2, 0.25) is 0 Å². The standard InChI is InChI=1S/C19H17FN2O4/c1-11-4-3-5-13-18(11)21-16(22-19(13)24)10-26-17(23)9-12-6-7-15(25-2)14(20)8-12/h3-8H,9-10H2,1-2H3,(H,21,22,24). The van der Waals surface area contributed by atoms with Crippen molar-refractivity contribution in [1.29, 1.82) is 0 Å². The summed E-state index contributed by atoms with van der Waals surface area (Å²) < 4.78 is 23.6. The molecule has 1 N–H and O–H groups in total. The number of aromatic nitrogens is 2. The SMILES string of the molecule is COc1ccc(CC(=O)OCc2nc3c(C)cccc3c(=O)[nH]2)cc1F. The minimum Gasteiger partial charge on any atom is -0.494 e. The second-order valence-corrected chi connectivity index (χ2v) is 5.79. The summed E-state index contributed by atoms with van der Waals surface area (Å²) >= 11 is 0. The van der Waals surface area contributed by atoms with Crippen LogP contribution in [0, 0.1) is 12.7 Å². The molecule has 3 rings (SSSR count). The number of carbonyl (C=O) groups excluding carboxylic acids is 1. The molecule has 0 bridgehead atoms. The van der Waals surface area contributed by atoms with Gasteiger partial charge in [0.25, 0.3) is 5.56 Å². The van der Waals surface area contributed by atoms with Crippen molar-refractivity contribution in [3.05, 3.63) is 69.5 Å². The van der Waals surface area contributed by atoms with Crippen molar-refractivity contribution in [1.82, 2.24) is 9.97 Å². The molecule has 0 aliphatic rings. The van der Waals surface area contributed by atoms with Gasteiger partial charge in [-0.15, -0.1) is 0 Å². The third-order valence-electron chi connectivity index (χ3n) is 3.92. The van der Waals surface area contributed by atoms with E-state index in [0.29, 0.717) is 16.5 Å². The van der Waals surface area contributed by atoms with E-state index in [0.717, 1.165) is 5.56 Å². The highest BCUT2D eigenvalue weighted by Gasteiger charge is 2.11. The maximum atomic E-state index is 13.7. The number of hydrogen-bond donors (Lipinski definition) is 1. The third-order valence-corrected chi connectivity index (χ3v) is 3.92. The first kappa shape index (κ1) is 17.6. The average molecular weight is 356 g/mol. The number of benzene rings is 2. The lowest BCUT2D eigenvalue weighted by atomic mass is 10.1. The molecule has 0 amide bonds. The van der Waals surface area contributed by atoms with E-state index in [4.69, 9.17) is 9.47 Å². The quantitative estimate of drug-likeness (QED) is 0.711. The number of rotatable bonds is 5. The van der Waals surface area contributed by atoms with Crippen molar-refractivity contribution >= 4 is 16.9 Å². The number of ether oxygens (including phenoxy) is 2. The summed E-state index contributed by atoms with van der Waals surface area (Å²) in [5.41, 5.74) is 1.60. The number of H-pyrrole nitrogens is 1. The lowest BCUT2D eigenvalue weighted by molar-refractivity contribution is -0.144. The zero-order chi connectivity index (χ0) is 18.7. The number of hydrogen-bond acceptors (Lipinski definition) is 5. The van der Waals surface area contributed by atoms with E-state index in [-0.39, 0.29) is 30.2 Å². The topological polar surface area (TPSA) is 81.3 Å². The molecule has 0 saturated heterocycles. The number of para-hydroxylation sites is 1. The maximum Gasteiger partial charge on any atom is 0.310 e. The van der Waals surface area contributed by atoms with E-state index in [1.807, 2.05) is 13.0 Å². The van der Waals surface area contributed by atoms with Gasteiger partial charge in [-0.25, -0.2) is 9.37 Å². The zero-order valence-corrected chi connectivity index (χ0v) is 14.3. The van der Waals surface area contributed by atoms with Crippen LogP contribution >= 0.6 is 0 Å². The summed E-state index contributed by atoms with van der Waals surface area (Å²) in [5, 5.41) is 0.480. The lowest BCUT2D eigenvalue weighted by Gasteiger charge is -2.07. The highest BCUT2D eigenvalue weighted by atomic mass is 19.1. The number of methoxy groups -OCH3 is 1. The Morgan fingerprint density at radius 1 is 1.27 bits per heavy atom. The van der Waals surface area contributed by atoms with Gasteiger partial charge >= 0.3 is 5.97 Å². The van der Waals surface area contributed by atoms with Crippen LogP contribution in [0.15, 0.2) is 41.2 Å². The number of nitrogens with zero attached hydrogens (tertiary/aromatic N) is 1. The number of halogens is 1. The summed E-state index contributed by atoms with van der Waals surface area (Å²) in [6.45, 7) is 1.68. The Balaban J connectivity index is 1.70. The molecule has 0 atom stereocenters. The predicted molar refractivity (Wildman–Crippen MR) is 93.6 cm³/mol. The number of aromatic amines is 1. The molecule has 26 heavy (non-hydrogen) atoms. The van der Waals surface area contributed by atoms with Gasteiger partial charge < -0.3 is 14.5 Å². The van der Waals surface area contributed by atoms with Gasteiger partial charge in [0, 0.05) is 0 Å². The smallest absolute Gasteiger partial charge is 0.310 e. The molecule has 1 heterocycles. The first-order valence-electron chi connectivity index (χ1n) is 7.94. The number of nitrogens with one attached hydrogen (secondary N) is 1. The first-order valence-corrected chi connectivity index (χ1v) is 7.94. The van der Waals surface area contributed by atoms with Crippen LogP contribution in [0.2, 0.25) is 0 Å². The van der Waals surface area contributed by atoms with Crippen LogP contribution in [0.3, 0.4) is 0 Å². The van der Waals surface area contributed by atoms with Gasteiger partial charge in [0.1, 0.15) is 12.4 Å². The average Bonchev–Trinajstić information content (AvgIpc) is 2.61. The van der Waals surface area contributed by atoms with Crippen molar-refractivity contribution in [3.8, 4) is 5.75 Å². The summed E-state index contributed by atoms with van der Waals surface area (Å²) in [4.78, 5) is 31.0. The maximum absolute atomic E-state index is 13.7. The van der Waals surface area contributed by atoms with E-state index in [1.165, 1.54) is 19.2 Å². The molecule has 7 heteroatoms. The fourth-order valence-electron chi connectivity index (χ4n) is 2.61. The second kappa shape index (κ2) is 7.35. The van der Waals surface area contributed by atoms with E-state index in [2.05, 4.69) is 9.97 Å². The van der Waals surface area contributed by atoms with Crippen molar-refractivity contribution in [2.45, 2.75) is 20.0 Å². The molecule has 0 unspecified atom stereocenters. The van der Waals surface area contributed by atoms with Crippen LogP contribution in [0.25, 0.3) is 10.9 Å². The molecule has 0 spiro atoms. The van der Waals surface area contributed by atoms with E-state index in [9.17, 15) is 14.0 Å². The fraction of sp³-hybridized carbons (Fsp3) is 0.211. The van der Waals surface area contributed by atoms with E-state index < -0.39 is 11.8 Å². The van der Waals surface area contributed by atoms with Crippen LogP contribution in [-0.2, 0) is 22.6 Å². The van der Waals surface area contributed by atoms with Crippen molar-refractivity contribution in [2.24, 2.45) is 0 Å². The molecule has 0 aliphatic heterocycles. The van der Waals surface area contributed by atoms with Crippen molar-refractivity contribution < 1.29 is 18.7 Å². The summed E-state index contributed by atoms with van der Waals surface area (Å²) in [5.74, 6) is -0.739. The fourth-order valence-corrected chi connectivity index (χ4v) is 2.61. The first-order chi connectivity index (χ1) is 12.5. The van der Waals surface area contributed by atoms with E-state index >= 15 is 0 Å². The summed E-state index contributed by atoms with van der Waals surface area (Å²) in [6, 6.07) is 9.57. The Morgan fingerprint density at radius 3 is 2.81 bits per heavy atom. The lowest BCUT2D eigenvalue weighted by Crippen LogP contribution is -2.15.